The highest BCUT2D eigenvalue weighted by Crippen LogP contribution is 2.17. The second kappa shape index (κ2) is 5.99. The standard InChI is InChI=1S/C15H15BrN2O/c1-10-5-12(8-13(16)6-10)15(19)18-14-4-2-3-11(7-14)9-17/h2-8H,9,17H2,1H3,(H,18,19). The number of halogens is 1. The predicted molar refractivity (Wildman–Crippen MR) is 81.2 cm³/mol. The van der Waals surface area contributed by atoms with Crippen molar-refractivity contribution in [1.82, 2.24) is 0 Å². The van der Waals surface area contributed by atoms with E-state index in [1.54, 1.807) is 6.07 Å². The van der Waals surface area contributed by atoms with Crippen LogP contribution in [-0.2, 0) is 6.54 Å². The summed E-state index contributed by atoms with van der Waals surface area (Å²) in [7, 11) is 0. The molecule has 0 spiro atoms. The molecule has 0 unspecified atom stereocenters. The minimum Gasteiger partial charge on any atom is -0.326 e. The van der Waals surface area contributed by atoms with Gasteiger partial charge in [0.25, 0.3) is 5.91 Å². The highest BCUT2D eigenvalue weighted by Gasteiger charge is 2.07. The number of benzene rings is 2. The van der Waals surface area contributed by atoms with Crippen LogP contribution in [0.15, 0.2) is 46.9 Å². The zero-order valence-corrected chi connectivity index (χ0v) is 12.2. The molecule has 1 amide bonds. The maximum atomic E-state index is 12.2. The summed E-state index contributed by atoms with van der Waals surface area (Å²) in [6, 6.07) is 13.2. The molecule has 2 rings (SSSR count). The first-order valence-corrected chi connectivity index (χ1v) is 6.75. The highest BCUT2D eigenvalue weighted by atomic mass is 79.9. The number of carbonyl (C=O) groups is 1. The summed E-state index contributed by atoms with van der Waals surface area (Å²) in [4.78, 5) is 12.2. The van der Waals surface area contributed by atoms with Gasteiger partial charge in [-0.2, -0.15) is 0 Å². The molecule has 0 radical (unpaired) electrons. The quantitative estimate of drug-likeness (QED) is 0.910. The van der Waals surface area contributed by atoms with Crippen LogP contribution >= 0.6 is 15.9 Å². The number of nitrogens with two attached hydrogens (primary N) is 1. The van der Waals surface area contributed by atoms with Crippen LogP contribution in [0.1, 0.15) is 21.5 Å². The molecule has 0 atom stereocenters. The molecule has 19 heavy (non-hydrogen) atoms. The first-order valence-electron chi connectivity index (χ1n) is 5.96. The van der Waals surface area contributed by atoms with Crippen molar-refractivity contribution in [3.05, 3.63) is 63.6 Å². The molecule has 0 heterocycles. The third-order valence-electron chi connectivity index (χ3n) is 2.72. The molecule has 0 aliphatic carbocycles. The molecule has 0 bridgehead atoms. The van der Waals surface area contributed by atoms with Crippen LogP contribution in [0.5, 0.6) is 0 Å². The van der Waals surface area contributed by atoms with Gasteiger partial charge in [-0.3, -0.25) is 4.79 Å². The minimum absolute atomic E-state index is 0.126. The molecule has 3 N–H and O–H groups in total. The number of aryl methyl sites for hydroxylation is 1. The fraction of sp³-hybridized carbons (Fsp3) is 0.133. The monoisotopic (exact) mass is 318 g/mol. The van der Waals surface area contributed by atoms with Gasteiger partial charge in [0, 0.05) is 22.3 Å². The topological polar surface area (TPSA) is 55.1 Å². The Morgan fingerprint density at radius 3 is 2.74 bits per heavy atom. The summed E-state index contributed by atoms with van der Waals surface area (Å²) in [6.45, 7) is 2.41. The Labute approximate surface area is 121 Å². The van der Waals surface area contributed by atoms with Gasteiger partial charge in [0.1, 0.15) is 0 Å². The largest absolute Gasteiger partial charge is 0.326 e. The fourth-order valence-corrected chi connectivity index (χ4v) is 2.45. The van der Waals surface area contributed by atoms with E-state index in [0.29, 0.717) is 12.1 Å². The van der Waals surface area contributed by atoms with Crippen LogP contribution in [0.3, 0.4) is 0 Å². The van der Waals surface area contributed by atoms with Gasteiger partial charge in [-0.05, 0) is 48.4 Å². The first-order chi connectivity index (χ1) is 9.08. The summed E-state index contributed by atoms with van der Waals surface area (Å²) in [5, 5.41) is 2.87. The van der Waals surface area contributed by atoms with Crippen molar-refractivity contribution < 1.29 is 4.79 Å². The fourth-order valence-electron chi connectivity index (χ4n) is 1.85. The zero-order chi connectivity index (χ0) is 13.8. The Morgan fingerprint density at radius 2 is 2.05 bits per heavy atom. The summed E-state index contributed by atoms with van der Waals surface area (Å²) in [5.74, 6) is -0.126. The van der Waals surface area contributed by atoms with E-state index < -0.39 is 0 Å². The average Bonchev–Trinajstić information content (AvgIpc) is 2.37. The van der Waals surface area contributed by atoms with Gasteiger partial charge in [0.2, 0.25) is 0 Å². The molecule has 4 heteroatoms. The predicted octanol–water partition coefficient (Wildman–Crippen LogP) is 3.47. The highest BCUT2D eigenvalue weighted by molar-refractivity contribution is 9.10. The van der Waals surface area contributed by atoms with Crippen molar-refractivity contribution in [2.45, 2.75) is 13.5 Å². The smallest absolute Gasteiger partial charge is 0.255 e. The number of amides is 1. The molecule has 2 aromatic carbocycles. The number of carbonyl (C=O) groups excluding carboxylic acids is 1. The summed E-state index contributed by atoms with van der Waals surface area (Å²) >= 11 is 3.39. The van der Waals surface area contributed by atoms with Gasteiger partial charge in [-0.1, -0.05) is 28.1 Å². The van der Waals surface area contributed by atoms with E-state index in [1.165, 1.54) is 0 Å². The average molecular weight is 319 g/mol. The molecular weight excluding hydrogens is 304 g/mol. The van der Waals surface area contributed by atoms with Crippen LogP contribution in [0.4, 0.5) is 5.69 Å². The lowest BCUT2D eigenvalue weighted by Crippen LogP contribution is -2.12. The number of rotatable bonds is 3. The molecule has 98 valence electrons. The van der Waals surface area contributed by atoms with E-state index in [9.17, 15) is 4.79 Å². The van der Waals surface area contributed by atoms with Crippen LogP contribution in [0.2, 0.25) is 0 Å². The maximum Gasteiger partial charge on any atom is 0.255 e. The van der Waals surface area contributed by atoms with Crippen LogP contribution in [0, 0.1) is 6.92 Å². The maximum absolute atomic E-state index is 12.2. The number of nitrogens with one attached hydrogen (secondary N) is 1. The van der Waals surface area contributed by atoms with E-state index in [1.807, 2.05) is 43.3 Å². The molecule has 0 fully saturated rings. The van der Waals surface area contributed by atoms with Crippen molar-refractivity contribution in [2.24, 2.45) is 5.73 Å². The van der Waals surface area contributed by atoms with E-state index in [4.69, 9.17) is 5.73 Å². The van der Waals surface area contributed by atoms with Gasteiger partial charge < -0.3 is 11.1 Å². The van der Waals surface area contributed by atoms with Crippen molar-refractivity contribution in [3.8, 4) is 0 Å². The van der Waals surface area contributed by atoms with E-state index in [2.05, 4.69) is 21.2 Å². The Bertz CT molecular complexity index is 591. The minimum atomic E-state index is -0.126. The molecule has 0 aliphatic heterocycles. The number of hydrogen-bond donors (Lipinski definition) is 2. The summed E-state index contributed by atoms with van der Waals surface area (Å²) < 4.78 is 0.897. The summed E-state index contributed by atoms with van der Waals surface area (Å²) in [5.41, 5.74) is 8.99. The molecule has 3 nitrogen and oxygen atoms in total. The molecule has 0 saturated heterocycles. The van der Waals surface area contributed by atoms with Crippen molar-refractivity contribution in [1.29, 1.82) is 0 Å². The molecular formula is C15H15BrN2O. The lowest BCUT2D eigenvalue weighted by atomic mass is 10.1. The SMILES string of the molecule is Cc1cc(Br)cc(C(=O)Nc2cccc(CN)c2)c1. The lowest BCUT2D eigenvalue weighted by Gasteiger charge is -2.08. The molecule has 0 aromatic heterocycles. The Hall–Kier alpha value is -1.65. The van der Waals surface area contributed by atoms with Crippen molar-refractivity contribution in [3.63, 3.8) is 0 Å². The molecule has 0 saturated carbocycles. The van der Waals surface area contributed by atoms with Crippen molar-refractivity contribution >= 4 is 27.5 Å². The Balaban J connectivity index is 2.20. The van der Waals surface area contributed by atoms with Crippen LogP contribution in [-0.4, -0.2) is 5.91 Å². The van der Waals surface area contributed by atoms with E-state index in [-0.39, 0.29) is 5.91 Å². The zero-order valence-electron chi connectivity index (χ0n) is 10.6. The third kappa shape index (κ3) is 3.66. The van der Waals surface area contributed by atoms with Gasteiger partial charge in [-0.15, -0.1) is 0 Å². The van der Waals surface area contributed by atoms with Gasteiger partial charge in [0.05, 0.1) is 0 Å². The second-order valence-corrected chi connectivity index (χ2v) is 5.29. The number of hydrogen-bond acceptors (Lipinski definition) is 2. The van der Waals surface area contributed by atoms with Crippen molar-refractivity contribution in [2.75, 3.05) is 5.32 Å². The summed E-state index contributed by atoms with van der Waals surface area (Å²) in [6.07, 6.45) is 0. The van der Waals surface area contributed by atoms with E-state index in [0.717, 1.165) is 21.3 Å². The van der Waals surface area contributed by atoms with Gasteiger partial charge in [-0.25, -0.2) is 0 Å². The molecule has 2 aromatic rings. The Morgan fingerprint density at radius 1 is 1.26 bits per heavy atom. The second-order valence-electron chi connectivity index (χ2n) is 4.38. The lowest BCUT2D eigenvalue weighted by molar-refractivity contribution is 0.102. The van der Waals surface area contributed by atoms with E-state index >= 15 is 0 Å². The molecule has 0 aliphatic rings. The third-order valence-corrected chi connectivity index (χ3v) is 3.18. The first kappa shape index (κ1) is 13.8. The van der Waals surface area contributed by atoms with Gasteiger partial charge >= 0.3 is 0 Å². The van der Waals surface area contributed by atoms with Gasteiger partial charge in [0.15, 0.2) is 0 Å². The van der Waals surface area contributed by atoms with Crippen LogP contribution in [0.25, 0.3) is 0 Å². The number of anilines is 1. The Kier molecular flexibility index (Phi) is 4.35. The van der Waals surface area contributed by atoms with Crippen LogP contribution < -0.4 is 11.1 Å². The normalized spacial score (nSPS) is 10.3.